The minimum atomic E-state index is -0.943. The van der Waals surface area contributed by atoms with Crippen LogP contribution in [0, 0.1) is 6.92 Å². The molecule has 3 rings (SSSR count). The van der Waals surface area contributed by atoms with E-state index in [1.54, 1.807) is 0 Å². The largest absolute Gasteiger partial charge is 0.475 e. The SMILES string of the molecule is Cc1cccc(-c2nc(C(=O)O)n3c2CCCC3)c1. The minimum absolute atomic E-state index is 0.172. The van der Waals surface area contributed by atoms with Crippen molar-refractivity contribution in [2.45, 2.75) is 32.7 Å². The zero-order chi connectivity index (χ0) is 13.4. The van der Waals surface area contributed by atoms with Crippen molar-refractivity contribution in [3.63, 3.8) is 0 Å². The molecule has 0 aliphatic carbocycles. The van der Waals surface area contributed by atoms with Crippen molar-refractivity contribution in [1.82, 2.24) is 9.55 Å². The highest BCUT2D eigenvalue weighted by molar-refractivity contribution is 5.85. The van der Waals surface area contributed by atoms with Gasteiger partial charge in [0.25, 0.3) is 0 Å². The standard InChI is InChI=1S/C15H16N2O2/c1-10-5-4-6-11(9-10)13-12-7-2-3-8-17(12)14(16-13)15(18)19/h4-6,9H,2-3,7-8H2,1H3,(H,18,19). The van der Waals surface area contributed by atoms with Crippen LogP contribution in [0.15, 0.2) is 24.3 Å². The Kier molecular flexibility index (Phi) is 2.85. The van der Waals surface area contributed by atoms with Crippen molar-refractivity contribution in [2.24, 2.45) is 0 Å². The summed E-state index contributed by atoms with van der Waals surface area (Å²) in [6.45, 7) is 2.79. The Morgan fingerprint density at radius 3 is 2.95 bits per heavy atom. The topological polar surface area (TPSA) is 55.1 Å². The lowest BCUT2D eigenvalue weighted by Gasteiger charge is -2.16. The predicted molar refractivity (Wildman–Crippen MR) is 72.3 cm³/mol. The predicted octanol–water partition coefficient (Wildman–Crippen LogP) is 2.89. The smallest absolute Gasteiger partial charge is 0.372 e. The van der Waals surface area contributed by atoms with Gasteiger partial charge in [0.2, 0.25) is 5.82 Å². The monoisotopic (exact) mass is 256 g/mol. The number of hydrogen-bond acceptors (Lipinski definition) is 2. The van der Waals surface area contributed by atoms with Gasteiger partial charge in [-0.25, -0.2) is 9.78 Å². The fourth-order valence-corrected chi connectivity index (χ4v) is 2.73. The maximum Gasteiger partial charge on any atom is 0.372 e. The van der Waals surface area contributed by atoms with Crippen LogP contribution in [-0.4, -0.2) is 20.6 Å². The highest BCUT2D eigenvalue weighted by Crippen LogP contribution is 2.29. The van der Waals surface area contributed by atoms with Crippen LogP contribution in [0.25, 0.3) is 11.3 Å². The Bertz CT molecular complexity index is 644. The minimum Gasteiger partial charge on any atom is -0.475 e. The van der Waals surface area contributed by atoms with Crippen molar-refractivity contribution < 1.29 is 9.90 Å². The van der Waals surface area contributed by atoms with Crippen LogP contribution < -0.4 is 0 Å². The fourth-order valence-electron chi connectivity index (χ4n) is 2.73. The highest BCUT2D eigenvalue weighted by Gasteiger charge is 2.24. The van der Waals surface area contributed by atoms with E-state index in [9.17, 15) is 9.90 Å². The molecule has 0 saturated heterocycles. The lowest BCUT2D eigenvalue weighted by atomic mass is 10.0. The normalized spacial score (nSPS) is 14.2. The average molecular weight is 256 g/mol. The number of imidazole rings is 1. The molecule has 2 heterocycles. The summed E-state index contributed by atoms with van der Waals surface area (Å²) in [5, 5.41) is 9.27. The fraction of sp³-hybridized carbons (Fsp3) is 0.333. The summed E-state index contributed by atoms with van der Waals surface area (Å²) in [6.07, 6.45) is 3.03. The van der Waals surface area contributed by atoms with Gasteiger partial charge >= 0.3 is 5.97 Å². The van der Waals surface area contributed by atoms with Crippen LogP contribution in [-0.2, 0) is 13.0 Å². The van der Waals surface area contributed by atoms with Crippen LogP contribution in [0.1, 0.15) is 34.7 Å². The highest BCUT2D eigenvalue weighted by atomic mass is 16.4. The van der Waals surface area contributed by atoms with Crippen molar-refractivity contribution in [3.05, 3.63) is 41.3 Å². The third kappa shape index (κ3) is 2.03. The van der Waals surface area contributed by atoms with Gasteiger partial charge in [0, 0.05) is 17.8 Å². The van der Waals surface area contributed by atoms with E-state index in [0.717, 1.165) is 48.3 Å². The number of aromatic nitrogens is 2. The zero-order valence-corrected chi connectivity index (χ0v) is 10.9. The van der Waals surface area contributed by atoms with Crippen LogP contribution in [0.5, 0.6) is 0 Å². The number of fused-ring (bicyclic) bond motifs is 1. The molecule has 19 heavy (non-hydrogen) atoms. The second kappa shape index (κ2) is 4.53. The van der Waals surface area contributed by atoms with Gasteiger partial charge in [0.15, 0.2) is 0 Å². The Labute approximate surface area is 111 Å². The first kappa shape index (κ1) is 12.0. The van der Waals surface area contributed by atoms with E-state index in [1.807, 2.05) is 29.7 Å². The number of carbonyl (C=O) groups is 1. The van der Waals surface area contributed by atoms with E-state index in [0.29, 0.717) is 0 Å². The van der Waals surface area contributed by atoms with Crippen LogP contribution in [0.2, 0.25) is 0 Å². The molecule has 0 fully saturated rings. The molecule has 1 aliphatic rings. The van der Waals surface area contributed by atoms with Crippen LogP contribution in [0.3, 0.4) is 0 Å². The van der Waals surface area contributed by atoms with Gasteiger partial charge in [0.1, 0.15) is 0 Å². The second-order valence-corrected chi connectivity index (χ2v) is 5.01. The maximum atomic E-state index is 11.3. The van der Waals surface area contributed by atoms with Gasteiger partial charge in [-0.15, -0.1) is 0 Å². The summed E-state index contributed by atoms with van der Waals surface area (Å²) >= 11 is 0. The molecule has 4 nitrogen and oxygen atoms in total. The first-order valence-electron chi connectivity index (χ1n) is 6.56. The molecular weight excluding hydrogens is 240 g/mol. The lowest BCUT2D eigenvalue weighted by molar-refractivity contribution is 0.0677. The summed E-state index contributed by atoms with van der Waals surface area (Å²) in [7, 11) is 0. The molecule has 0 spiro atoms. The summed E-state index contributed by atoms with van der Waals surface area (Å²) in [6, 6.07) is 8.07. The van der Waals surface area contributed by atoms with Gasteiger partial charge in [-0.05, 0) is 32.3 Å². The summed E-state index contributed by atoms with van der Waals surface area (Å²) in [4.78, 5) is 15.7. The Morgan fingerprint density at radius 2 is 2.21 bits per heavy atom. The molecule has 1 aromatic heterocycles. The number of rotatable bonds is 2. The third-order valence-corrected chi connectivity index (χ3v) is 3.60. The first-order chi connectivity index (χ1) is 9.16. The number of carboxylic acids is 1. The molecule has 0 radical (unpaired) electrons. The quantitative estimate of drug-likeness (QED) is 0.898. The number of benzene rings is 1. The molecular formula is C15H16N2O2. The number of hydrogen-bond donors (Lipinski definition) is 1. The Hall–Kier alpha value is -2.10. The summed E-state index contributed by atoms with van der Waals surface area (Å²) < 4.78 is 1.86. The van der Waals surface area contributed by atoms with Gasteiger partial charge in [0.05, 0.1) is 5.69 Å². The molecule has 0 atom stereocenters. The van der Waals surface area contributed by atoms with Crippen LogP contribution in [0.4, 0.5) is 0 Å². The van der Waals surface area contributed by atoms with E-state index < -0.39 is 5.97 Å². The van der Waals surface area contributed by atoms with Crippen LogP contribution >= 0.6 is 0 Å². The van der Waals surface area contributed by atoms with E-state index in [2.05, 4.69) is 11.1 Å². The van der Waals surface area contributed by atoms with E-state index in [4.69, 9.17) is 0 Å². The summed E-state index contributed by atoms with van der Waals surface area (Å²) in [5.41, 5.74) is 4.07. The molecule has 0 amide bonds. The van der Waals surface area contributed by atoms with Gasteiger partial charge in [-0.2, -0.15) is 0 Å². The molecule has 0 bridgehead atoms. The van der Waals surface area contributed by atoms with E-state index >= 15 is 0 Å². The molecule has 1 aliphatic heterocycles. The number of aryl methyl sites for hydroxylation is 1. The number of carboxylic acid groups (broad SMARTS) is 1. The molecule has 98 valence electrons. The molecule has 0 saturated carbocycles. The van der Waals surface area contributed by atoms with E-state index in [1.165, 1.54) is 0 Å². The third-order valence-electron chi connectivity index (χ3n) is 3.60. The van der Waals surface area contributed by atoms with Gasteiger partial charge < -0.3 is 9.67 Å². The Balaban J connectivity index is 2.19. The van der Waals surface area contributed by atoms with E-state index in [-0.39, 0.29) is 5.82 Å². The number of nitrogens with zero attached hydrogens (tertiary/aromatic N) is 2. The molecule has 1 aromatic carbocycles. The second-order valence-electron chi connectivity index (χ2n) is 5.01. The number of aromatic carboxylic acids is 1. The van der Waals surface area contributed by atoms with Crippen molar-refractivity contribution in [1.29, 1.82) is 0 Å². The Morgan fingerprint density at radius 1 is 1.37 bits per heavy atom. The first-order valence-corrected chi connectivity index (χ1v) is 6.56. The van der Waals surface area contributed by atoms with Crippen molar-refractivity contribution in [2.75, 3.05) is 0 Å². The molecule has 0 unspecified atom stereocenters. The zero-order valence-electron chi connectivity index (χ0n) is 10.9. The van der Waals surface area contributed by atoms with Gasteiger partial charge in [-0.3, -0.25) is 0 Å². The van der Waals surface area contributed by atoms with Crippen molar-refractivity contribution >= 4 is 5.97 Å². The molecule has 2 aromatic rings. The summed E-state index contributed by atoms with van der Waals surface area (Å²) in [5.74, 6) is -0.770. The van der Waals surface area contributed by atoms with Crippen molar-refractivity contribution in [3.8, 4) is 11.3 Å². The maximum absolute atomic E-state index is 11.3. The molecule has 1 N–H and O–H groups in total. The van der Waals surface area contributed by atoms with Gasteiger partial charge in [-0.1, -0.05) is 23.8 Å². The lowest BCUT2D eigenvalue weighted by Crippen LogP contribution is -2.16. The molecule has 4 heteroatoms. The average Bonchev–Trinajstić information content (AvgIpc) is 2.78.